The van der Waals surface area contributed by atoms with E-state index in [1.54, 1.807) is 0 Å². The Hall–Kier alpha value is -0.0400. The van der Waals surface area contributed by atoms with Crippen LogP contribution in [0.5, 0.6) is 0 Å². The summed E-state index contributed by atoms with van der Waals surface area (Å²) in [5.41, 5.74) is 0.968. The first-order valence-corrected chi connectivity index (χ1v) is 8.99. The second kappa shape index (κ2) is 4.73. The Morgan fingerprint density at radius 2 is 1.80 bits per heavy atom. The van der Waals surface area contributed by atoms with E-state index < -0.39 is 0 Å². The van der Waals surface area contributed by atoms with Crippen molar-refractivity contribution in [2.24, 2.45) is 35.0 Å². The van der Waals surface area contributed by atoms with Crippen LogP contribution >= 0.6 is 0 Å². The normalized spacial score (nSPS) is 50.9. The number of hydrogen-bond acceptors (Lipinski definition) is 1. The van der Waals surface area contributed by atoms with E-state index in [0.717, 1.165) is 35.6 Å². The summed E-state index contributed by atoms with van der Waals surface area (Å²) in [6.45, 7) is 14.8. The lowest BCUT2D eigenvalue weighted by molar-refractivity contribution is -0.0142. The second-order valence-electron chi connectivity index (χ2n) is 9.63. The van der Waals surface area contributed by atoms with Crippen LogP contribution in [-0.2, 0) is 0 Å². The van der Waals surface area contributed by atoms with Crippen molar-refractivity contribution in [2.45, 2.75) is 85.2 Å². The average Bonchev–Trinajstić information content (AvgIpc) is 2.61. The Morgan fingerprint density at radius 1 is 1.10 bits per heavy atom. The molecule has 1 aliphatic heterocycles. The lowest BCUT2D eigenvalue weighted by atomic mass is 9.57. The minimum atomic E-state index is 0.347. The Bertz CT molecular complexity index is 372. The number of nitrogens with one attached hydrogen (secondary N) is 1. The van der Waals surface area contributed by atoms with Gasteiger partial charge in [0.25, 0.3) is 0 Å². The van der Waals surface area contributed by atoms with Gasteiger partial charge in [0.15, 0.2) is 0 Å². The third-order valence-corrected chi connectivity index (χ3v) is 7.19. The molecular formula is C19H35N. The molecule has 20 heavy (non-hydrogen) atoms. The predicted molar refractivity (Wildman–Crippen MR) is 86.7 cm³/mol. The number of piperidine rings is 1. The van der Waals surface area contributed by atoms with E-state index in [2.05, 4.69) is 46.9 Å². The van der Waals surface area contributed by atoms with Gasteiger partial charge in [0.2, 0.25) is 0 Å². The van der Waals surface area contributed by atoms with Crippen LogP contribution in [0.3, 0.4) is 0 Å². The molecule has 0 aromatic rings. The van der Waals surface area contributed by atoms with Crippen molar-refractivity contribution in [2.75, 3.05) is 0 Å². The van der Waals surface area contributed by atoms with E-state index in [1.165, 1.54) is 32.1 Å². The Morgan fingerprint density at radius 3 is 2.45 bits per heavy atom. The van der Waals surface area contributed by atoms with Crippen LogP contribution in [-0.4, -0.2) is 11.6 Å². The maximum atomic E-state index is 4.01. The summed E-state index contributed by atoms with van der Waals surface area (Å²) in [4.78, 5) is 0. The van der Waals surface area contributed by atoms with Crippen LogP contribution < -0.4 is 5.32 Å². The zero-order valence-corrected chi connectivity index (χ0v) is 14.5. The third-order valence-electron chi connectivity index (χ3n) is 7.19. The van der Waals surface area contributed by atoms with Crippen LogP contribution in [0.1, 0.15) is 73.6 Å². The van der Waals surface area contributed by atoms with Gasteiger partial charge in [0.1, 0.15) is 0 Å². The smallest absolute Gasteiger partial charge is 0.0130 e. The van der Waals surface area contributed by atoms with Gasteiger partial charge in [0, 0.05) is 11.6 Å². The van der Waals surface area contributed by atoms with Gasteiger partial charge in [-0.25, -0.2) is 0 Å². The Labute approximate surface area is 126 Å². The summed E-state index contributed by atoms with van der Waals surface area (Å²) in [6.07, 6.45) is 7.23. The average molecular weight is 277 g/mol. The van der Waals surface area contributed by atoms with Crippen molar-refractivity contribution in [3.63, 3.8) is 0 Å². The summed E-state index contributed by atoms with van der Waals surface area (Å²) in [7, 11) is 0. The van der Waals surface area contributed by atoms with Crippen LogP contribution in [0.25, 0.3) is 0 Å². The van der Waals surface area contributed by atoms with Gasteiger partial charge in [-0.1, -0.05) is 27.7 Å². The van der Waals surface area contributed by atoms with Gasteiger partial charge >= 0.3 is 0 Å². The molecule has 0 spiro atoms. The molecule has 2 saturated carbocycles. The third kappa shape index (κ3) is 2.34. The van der Waals surface area contributed by atoms with Crippen LogP contribution in [0.4, 0.5) is 0 Å². The van der Waals surface area contributed by atoms with Crippen molar-refractivity contribution >= 4 is 0 Å². The van der Waals surface area contributed by atoms with Gasteiger partial charge in [-0.3, -0.25) is 0 Å². The monoisotopic (exact) mass is 277 g/mol. The summed E-state index contributed by atoms with van der Waals surface area (Å²) < 4.78 is 0. The molecule has 1 heterocycles. The molecule has 2 aliphatic carbocycles. The van der Waals surface area contributed by atoms with E-state index in [4.69, 9.17) is 0 Å². The predicted octanol–water partition coefficient (Wildman–Crippen LogP) is 4.86. The standard InChI is InChI=1S/C19H35N/c1-12(2)14-7-8-19(6)11-17-15(9-16(14)19)13(3)10-18(4,5)20-17/h12-17,20H,7-11H2,1-6H3. The van der Waals surface area contributed by atoms with Crippen molar-refractivity contribution in [1.82, 2.24) is 5.32 Å². The fourth-order valence-electron chi connectivity index (χ4n) is 6.33. The highest BCUT2D eigenvalue weighted by Crippen LogP contribution is 2.59. The van der Waals surface area contributed by atoms with Gasteiger partial charge < -0.3 is 5.32 Å². The Kier molecular flexibility index (Phi) is 3.52. The minimum absolute atomic E-state index is 0.347. The second-order valence-corrected chi connectivity index (χ2v) is 9.63. The minimum Gasteiger partial charge on any atom is -0.309 e. The largest absolute Gasteiger partial charge is 0.309 e. The molecule has 0 aromatic carbocycles. The quantitative estimate of drug-likeness (QED) is 0.721. The SMILES string of the molecule is CC(C)C1CCC2(C)CC3NC(C)(C)CC(C)C3CC12. The molecule has 0 amide bonds. The van der Waals surface area contributed by atoms with Crippen molar-refractivity contribution in [3.05, 3.63) is 0 Å². The van der Waals surface area contributed by atoms with Crippen LogP contribution in [0, 0.1) is 35.0 Å². The summed E-state index contributed by atoms with van der Waals surface area (Å²) in [5.74, 6) is 4.69. The molecule has 1 nitrogen and oxygen atoms in total. The maximum absolute atomic E-state index is 4.01. The van der Waals surface area contributed by atoms with E-state index in [0.29, 0.717) is 11.0 Å². The molecule has 116 valence electrons. The van der Waals surface area contributed by atoms with E-state index in [1.807, 2.05) is 0 Å². The first kappa shape index (κ1) is 14.9. The zero-order chi connectivity index (χ0) is 14.7. The number of hydrogen-bond donors (Lipinski definition) is 1. The van der Waals surface area contributed by atoms with Gasteiger partial charge in [-0.15, -0.1) is 0 Å². The fraction of sp³-hybridized carbons (Fsp3) is 1.00. The van der Waals surface area contributed by atoms with E-state index in [-0.39, 0.29) is 0 Å². The molecule has 0 aromatic heterocycles. The molecule has 0 bridgehead atoms. The highest BCUT2D eigenvalue weighted by molar-refractivity contribution is 5.07. The molecular weight excluding hydrogens is 242 g/mol. The van der Waals surface area contributed by atoms with Gasteiger partial charge in [-0.05, 0) is 81.0 Å². The van der Waals surface area contributed by atoms with Gasteiger partial charge in [-0.2, -0.15) is 0 Å². The zero-order valence-electron chi connectivity index (χ0n) is 14.5. The van der Waals surface area contributed by atoms with Gasteiger partial charge in [0.05, 0.1) is 0 Å². The van der Waals surface area contributed by atoms with Crippen molar-refractivity contribution < 1.29 is 0 Å². The van der Waals surface area contributed by atoms with Crippen LogP contribution in [0.2, 0.25) is 0 Å². The highest BCUT2D eigenvalue weighted by Gasteiger charge is 2.54. The summed E-state index contributed by atoms with van der Waals surface area (Å²) in [5, 5.41) is 4.01. The number of rotatable bonds is 1. The lowest BCUT2D eigenvalue weighted by Crippen LogP contribution is -2.60. The molecule has 1 saturated heterocycles. The van der Waals surface area contributed by atoms with E-state index >= 15 is 0 Å². The maximum Gasteiger partial charge on any atom is 0.0130 e. The topological polar surface area (TPSA) is 12.0 Å². The Balaban J connectivity index is 1.83. The summed E-state index contributed by atoms with van der Waals surface area (Å²) >= 11 is 0. The highest BCUT2D eigenvalue weighted by atomic mass is 15.0. The first-order valence-electron chi connectivity index (χ1n) is 8.99. The first-order chi connectivity index (χ1) is 9.22. The van der Waals surface area contributed by atoms with Crippen molar-refractivity contribution in [1.29, 1.82) is 0 Å². The van der Waals surface area contributed by atoms with E-state index in [9.17, 15) is 0 Å². The molecule has 1 heteroatoms. The van der Waals surface area contributed by atoms with Crippen LogP contribution in [0.15, 0.2) is 0 Å². The molecule has 3 rings (SSSR count). The molecule has 6 atom stereocenters. The number of fused-ring (bicyclic) bond motifs is 2. The van der Waals surface area contributed by atoms with Crippen molar-refractivity contribution in [3.8, 4) is 0 Å². The lowest BCUT2D eigenvalue weighted by Gasteiger charge is -2.55. The molecule has 3 fully saturated rings. The molecule has 6 unspecified atom stereocenters. The molecule has 3 aliphatic rings. The molecule has 1 N–H and O–H groups in total. The summed E-state index contributed by atoms with van der Waals surface area (Å²) in [6, 6.07) is 0.779. The molecule has 0 radical (unpaired) electrons. The fourth-order valence-corrected chi connectivity index (χ4v) is 6.33.